The highest BCUT2D eigenvalue weighted by Crippen LogP contribution is 2.25. The molecular weight excluding hydrogens is 273 g/mol. The Morgan fingerprint density at radius 2 is 2.00 bits per heavy atom. The van der Waals surface area contributed by atoms with E-state index in [-0.39, 0.29) is 17.6 Å². The Morgan fingerprint density at radius 3 is 2.57 bits per heavy atom. The summed E-state index contributed by atoms with van der Waals surface area (Å²) in [6.07, 6.45) is 1.20. The largest absolute Gasteiger partial charge is 0.382 e. The van der Waals surface area contributed by atoms with Gasteiger partial charge in [-0.3, -0.25) is 4.57 Å². The number of ether oxygens (including phenoxy) is 1. The van der Waals surface area contributed by atoms with Crippen LogP contribution in [0.3, 0.4) is 0 Å². The van der Waals surface area contributed by atoms with Crippen LogP contribution in [0.25, 0.3) is 11.2 Å². The predicted octanol–water partition coefficient (Wildman–Crippen LogP) is 3.30. The second-order valence-electron chi connectivity index (χ2n) is 5.03. The van der Waals surface area contributed by atoms with Crippen molar-refractivity contribution in [1.29, 1.82) is 0 Å². The van der Waals surface area contributed by atoms with Gasteiger partial charge in [0, 0.05) is 0 Å². The number of nitrogens with two attached hydrogens (primary N) is 1. The molecule has 1 unspecified atom stereocenters. The molecule has 0 bridgehead atoms. The molecule has 0 saturated heterocycles. The van der Waals surface area contributed by atoms with Gasteiger partial charge in [-0.25, -0.2) is 4.98 Å². The topological polar surface area (TPSA) is 78.9 Å². The molecule has 0 saturated carbocycles. The molecular formula is C14H24FN5O. The molecule has 0 amide bonds. The van der Waals surface area contributed by atoms with Gasteiger partial charge in [0.15, 0.2) is 17.0 Å². The number of halogens is 1. The lowest BCUT2D eigenvalue weighted by Gasteiger charge is -2.28. The highest BCUT2D eigenvalue weighted by Gasteiger charge is 2.22. The molecule has 118 valence electrons. The first-order chi connectivity index (χ1) is 9.84. The molecule has 1 atom stereocenters. The molecule has 2 heterocycles. The molecule has 2 aromatic rings. The maximum Gasteiger partial charge on any atom is 0.312 e. The zero-order valence-electron chi connectivity index (χ0n) is 13.5. The summed E-state index contributed by atoms with van der Waals surface area (Å²) < 4.78 is 20.8. The van der Waals surface area contributed by atoms with Gasteiger partial charge in [-0.2, -0.15) is 14.4 Å². The number of fused-ring (bicyclic) bond motifs is 1. The van der Waals surface area contributed by atoms with E-state index in [2.05, 4.69) is 15.0 Å². The molecule has 0 radical (unpaired) electrons. The third-order valence-electron chi connectivity index (χ3n) is 3.15. The number of nitrogens with zero attached hydrogens (tertiary/aromatic N) is 4. The Morgan fingerprint density at radius 1 is 1.38 bits per heavy atom. The Hall–Kier alpha value is -1.76. The number of anilines is 1. The van der Waals surface area contributed by atoms with Gasteiger partial charge in [0.1, 0.15) is 6.23 Å². The SMILES string of the molecule is CC.CCC(C)(C)OC(C)n1cnc2c(N)nc(F)nc21. The maximum absolute atomic E-state index is 13.2. The van der Waals surface area contributed by atoms with E-state index < -0.39 is 6.08 Å². The third kappa shape index (κ3) is 3.87. The monoisotopic (exact) mass is 297 g/mol. The van der Waals surface area contributed by atoms with E-state index in [0.717, 1.165) is 6.42 Å². The molecule has 0 aromatic carbocycles. The number of nitrogen functional groups attached to an aromatic ring is 1. The van der Waals surface area contributed by atoms with E-state index >= 15 is 0 Å². The summed E-state index contributed by atoms with van der Waals surface area (Å²) in [5, 5.41) is 0. The second-order valence-corrected chi connectivity index (χ2v) is 5.03. The van der Waals surface area contributed by atoms with Gasteiger partial charge in [0.2, 0.25) is 0 Å². The highest BCUT2D eigenvalue weighted by atomic mass is 19.1. The van der Waals surface area contributed by atoms with Crippen molar-refractivity contribution in [3.8, 4) is 0 Å². The normalized spacial score (nSPS) is 12.9. The quantitative estimate of drug-likeness (QED) is 0.876. The van der Waals surface area contributed by atoms with Crippen molar-refractivity contribution in [3.05, 3.63) is 12.4 Å². The second kappa shape index (κ2) is 6.80. The minimum absolute atomic E-state index is 0.0307. The van der Waals surface area contributed by atoms with Crippen LogP contribution in [0, 0.1) is 6.08 Å². The number of rotatable bonds is 4. The first-order valence-corrected chi connectivity index (χ1v) is 7.17. The molecule has 7 heteroatoms. The number of hydrogen-bond acceptors (Lipinski definition) is 5. The van der Waals surface area contributed by atoms with Crippen LogP contribution in [-0.2, 0) is 4.74 Å². The lowest BCUT2D eigenvalue weighted by atomic mass is 10.1. The van der Waals surface area contributed by atoms with Crippen molar-refractivity contribution in [1.82, 2.24) is 19.5 Å². The van der Waals surface area contributed by atoms with Gasteiger partial charge >= 0.3 is 6.08 Å². The molecule has 6 nitrogen and oxygen atoms in total. The number of aromatic nitrogens is 4. The van der Waals surface area contributed by atoms with Crippen LogP contribution in [0.15, 0.2) is 6.33 Å². The Labute approximate surface area is 124 Å². The van der Waals surface area contributed by atoms with Crippen LogP contribution in [0.4, 0.5) is 10.2 Å². The van der Waals surface area contributed by atoms with Gasteiger partial charge in [0.25, 0.3) is 0 Å². The molecule has 0 aliphatic rings. The highest BCUT2D eigenvalue weighted by molar-refractivity contribution is 5.81. The minimum Gasteiger partial charge on any atom is -0.382 e. The van der Waals surface area contributed by atoms with E-state index in [0.29, 0.717) is 11.2 Å². The summed E-state index contributed by atoms with van der Waals surface area (Å²) in [6, 6.07) is 0. The standard InChI is InChI=1S/C12H18FN5O.C2H6/c1-5-12(3,4)19-7(2)18-6-15-8-9(14)16-11(13)17-10(8)18;1-2/h6-7H,5H2,1-4H3,(H2,14,16,17);1-2H3. The molecule has 2 aromatic heterocycles. The van der Waals surface area contributed by atoms with Crippen LogP contribution in [0.2, 0.25) is 0 Å². The van der Waals surface area contributed by atoms with E-state index in [9.17, 15) is 4.39 Å². The minimum atomic E-state index is -0.867. The van der Waals surface area contributed by atoms with Crippen molar-refractivity contribution < 1.29 is 9.13 Å². The summed E-state index contributed by atoms with van der Waals surface area (Å²) in [6.45, 7) is 11.9. The van der Waals surface area contributed by atoms with E-state index in [1.54, 1.807) is 4.57 Å². The fourth-order valence-electron chi connectivity index (χ4n) is 1.78. The van der Waals surface area contributed by atoms with Gasteiger partial charge < -0.3 is 10.5 Å². The Kier molecular flexibility index (Phi) is 5.60. The molecule has 21 heavy (non-hydrogen) atoms. The first kappa shape index (κ1) is 17.3. The van der Waals surface area contributed by atoms with Crippen LogP contribution in [0.5, 0.6) is 0 Å². The third-order valence-corrected chi connectivity index (χ3v) is 3.15. The van der Waals surface area contributed by atoms with E-state index in [4.69, 9.17) is 10.5 Å². The molecule has 0 spiro atoms. The summed E-state index contributed by atoms with van der Waals surface area (Å²) in [5.41, 5.74) is 6.05. The number of imidazole rings is 1. The van der Waals surface area contributed by atoms with Crippen LogP contribution in [-0.4, -0.2) is 25.1 Å². The maximum atomic E-state index is 13.2. The average Bonchev–Trinajstić information content (AvgIpc) is 2.84. The zero-order valence-corrected chi connectivity index (χ0v) is 13.5. The summed E-state index contributed by atoms with van der Waals surface area (Å²) in [7, 11) is 0. The first-order valence-electron chi connectivity index (χ1n) is 7.17. The van der Waals surface area contributed by atoms with Crippen LogP contribution >= 0.6 is 0 Å². The van der Waals surface area contributed by atoms with Crippen molar-refractivity contribution in [2.45, 2.75) is 59.8 Å². The van der Waals surface area contributed by atoms with Gasteiger partial charge in [-0.15, -0.1) is 0 Å². The van der Waals surface area contributed by atoms with Gasteiger partial charge in [0.05, 0.1) is 11.9 Å². The molecule has 0 aliphatic carbocycles. The van der Waals surface area contributed by atoms with Crippen molar-refractivity contribution >= 4 is 17.0 Å². The van der Waals surface area contributed by atoms with Crippen molar-refractivity contribution in [3.63, 3.8) is 0 Å². The Bertz CT molecular complexity index is 596. The fraction of sp³-hybridized carbons (Fsp3) is 0.643. The van der Waals surface area contributed by atoms with Crippen LogP contribution in [0.1, 0.15) is 54.2 Å². The Balaban J connectivity index is 0.00000106. The lowest BCUT2D eigenvalue weighted by Crippen LogP contribution is -2.27. The zero-order chi connectivity index (χ0) is 16.2. The summed E-state index contributed by atoms with van der Waals surface area (Å²) in [5.74, 6) is 0.0307. The molecule has 0 fully saturated rings. The summed E-state index contributed by atoms with van der Waals surface area (Å²) >= 11 is 0. The summed E-state index contributed by atoms with van der Waals surface area (Å²) in [4.78, 5) is 11.3. The van der Waals surface area contributed by atoms with Crippen LogP contribution < -0.4 is 5.73 Å². The van der Waals surface area contributed by atoms with Gasteiger partial charge in [-0.05, 0) is 27.2 Å². The van der Waals surface area contributed by atoms with Gasteiger partial charge in [-0.1, -0.05) is 20.8 Å². The average molecular weight is 297 g/mol. The molecule has 2 rings (SSSR count). The van der Waals surface area contributed by atoms with Crippen molar-refractivity contribution in [2.75, 3.05) is 5.73 Å². The molecule has 2 N–H and O–H groups in total. The lowest BCUT2D eigenvalue weighted by molar-refractivity contribution is -0.0974. The molecule has 0 aliphatic heterocycles. The predicted molar refractivity (Wildman–Crippen MR) is 81.2 cm³/mol. The van der Waals surface area contributed by atoms with E-state index in [1.165, 1.54) is 6.33 Å². The fourth-order valence-corrected chi connectivity index (χ4v) is 1.78. The number of hydrogen-bond donors (Lipinski definition) is 1. The van der Waals surface area contributed by atoms with E-state index in [1.807, 2.05) is 41.5 Å². The smallest absolute Gasteiger partial charge is 0.312 e. The van der Waals surface area contributed by atoms with Crippen molar-refractivity contribution in [2.24, 2.45) is 0 Å².